The number of benzene rings is 2. The van der Waals surface area contributed by atoms with Gasteiger partial charge in [-0.05, 0) is 56.7 Å². The molecular formula is C22H24N2O4S2. The average molecular weight is 445 g/mol. The third-order valence-corrected chi connectivity index (χ3v) is 6.90. The van der Waals surface area contributed by atoms with E-state index in [4.69, 9.17) is 4.74 Å². The Morgan fingerprint density at radius 1 is 1.10 bits per heavy atom. The largest absolute Gasteiger partial charge is 0.491 e. The standard InChI is InChI=1S/C22H24N2O4S2/c1-16(2)28-18-11-9-17(10-12-18)22-24-20(15-29-22)21(25)23-13-6-14-30(26,27)19-7-4-3-5-8-19/h3-5,7-12,15-16H,6,13-14H2,1-2H3,(H,23,25). The number of rotatable bonds is 9. The number of nitrogens with one attached hydrogen (secondary N) is 1. The first-order valence-electron chi connectivity index (χ1n) is 9.64. The fourth-order valence-electron chi connectivity index (χ4n) is 2.76. The Morgan fingerprint density at radius 3 is 2.47 bits per heavy atom. The Bertz CT molecular complexity index is 1080. The minimum atomic E-state index is -3.34. The SMILES string of the molecule is CC(C)Oc1ccc(-c2nc(C(=O)NCCCS(=O)(=O)c3ccccc3)cs2)cc1. The number of carbonyl (C=O) groups excluding carboxylic acids is 1. The molecule has 0 unspecified atom stereocenters. The molecule has 1 amide bonds. The lowest BCUT2D eigenvalue weighted by Gasteiger charge is -2.09. The Kier molecular flexibility index (Phi) is 7.23. The van der Waals surface area contributed by atoms with E-state index in [9.17, 15) is 13.2 Å². The Labute approximate surface area is 180 Å². The number of aromatic nitrogens is 1. The molecule has 0 atom stereocenters. The molecule has 0 saturated carbocycles. The fourth-order valence-corrected chi connectivity index (χ4v) is 4.90. The molecule has 3 aromatic rings. The summed E-state index contributed by atoms with van der Waals surface area (Å²) in [6.07, 6.45) is 0.436. The van der Waals surface area contributed by atoms with Gasteiger partial charge in [0.1, 0.15) is 16.5 Å². The van der Waals surface area contributed by atoms with Crippen molar-refractivity contribution in [1.29, 1.82) is 0 Å². The van der Waals surface area contributed by atoms with Gasteiger partial charge in [-0.3, -0.25) is 4.79 Å². The van der Waals surface area contributed by atoms with Crippen molar-refractivity contribution in [3.63, 3.8) is 0 Å². The van der Waals surface area contributed by atoms with Crippen LogP contribution in [-0.2, 0) is 9.84 Å². The first-order valence-corrected chi connectivity index (χ1v) is 12.2. The maximum Gasteiger partial charge on any atom is 0.270 e. The van der Waals surface area contributed by atoms with Crippen LogP contribution >= 0.6 is 11.3 Å². The van der Waals surface area contributed by atoms with Crippen LogP contribution < -0.4 is 10.1 Å². The third-order valence-electron chi connectivity index (χ3n) is 4.19. The normalized spacial score (nSPS) is 11.4. The van der Waals surface area contributed by atoms with Gasteiger partial charge in [-0.25, -0.2) is 13.4 Å². The van der Waals surface area contributed by atoms with Crippen molar-refractivity contribution < 1.29 is 17.9 Å². The molecule has 1 heterocycles. The number of amides is 1. The lowest BCUT2D eigenvalue weighted by molar-refractivity contribution is 0.0949. The van der Waals surface area contributed by atoms with Gasteiger partial charge < -0.3 is 10.1 Å². The second-order valence-electron chi connectivity index (χ2n) is 6.97. The molecule has 0 aliphatic heterocycles. The van der Waals surface area contributed by atoms with Gasteiger partial charge in [0.15, 0.2) is 9.84 Å². The quantitative estimate of drug-likeness (QED) is 0.500. The lowest BCUT2D eigenvalue weighted by atomic mass is 10.2. The number of hydrogen-bond acceptors (Lipinski definition) is 6. The van der Waals surface area contributed by atoms with E-state index < -0.39 is 9.84 Å². The third kappa shape index (κ3) is 5.90. The minimum absolute atomic E-state index is 0.0234. The second-order valence-corrected chi connectivity index (χ2v) is 9.94. The Morgan fingerprint density at radius 2 is 1.80 bits per heavy atom. The van der Waals surface area contributed by atoms with Gasteiger partial charge in [0.2, 0.25) is 0 Å². The van der Waals surface area contributed by atoms with Crippen LogP contribution in [0.1, 0.15) is 30.8 Å². The predicted molar refractivity (Wildman–Crippen MR) is 119 cm³/mol. The Hall–Kier alpha value is -2.71. The zero-order chi connectivity index (χ0) is 21.6. The number of nitrogens with zero attached hydrogens (tertiary/aromatic N) is 1. The first-order chi connectivity index (χ1) is 14.3. The smallest absolute Gasteiger partial charge is 0.270 e. The summed E-state index contributed by atoms with van der Waals surface area (Å²) in [6.45, 7) is 4.20. The molecule has 2 aromatic carbocycles. The summed E-state index contributed by atoms with van der Waals surface area (Å²) in [5.74, 6) is 0.452. The Balaban J connectivity index is 1.51. The predicted octanol–water partition coefficient (Wildman–Crippen LogP) is 4.19. The van der Waals surface area contributed by atoms with E-state index in [2.05, 4.69) is 10.3 Å². The van der Waals surface area contributed by atoms with Crippen molar-refractivity contribution in [2.75, 3.05) is 12.3 Å². The monoisotopic (exact) mass is 444 g/mol. The number of thiazole rings is 1. The molecule has 0 bridgehead atoms. The average Bonchev–Trinajstić information content (AvgIpc) is 3.22. The maximum atomic E-state index is 12.3. The topological polar surface area (TPSA) is 85.4 Å². The van der Waals surface area contributed by atoms with Crippen LogP contribution in [0.5, 0.6) is 5.75 Å². The van der Waals surface area contributed by atoms with Crippen molar-refractivity contribution in [1.82, 2.24) is 10.3 Å². The molecule has 0 saturated heterocycles. The van der Waals surface area contributed by atoms with E-state index in [0.717, 1.165) is 16.3 Å². The van der Waals surface area contributed by atoms with Gasteiger partial charge in [-0.2, -0.15) is 0 Å². The molecule has 0 aliphatic rings. The highest BCUT2D eigenvalue weighted by atomic mass is 32.2. The number of hydrogen-bond donors (Lipinski definition) is 1. The van der Waals surface area contributed by atoms with Gasteiger partial charge in [0.05, 0.1) is 16.8 Å². The van der Waals surface area contributed by atoms with Crippen molar-refractivity contribution in [3.05, 3.63) is 65.7 Å². The summed E-state index contributed by atoms with van der Waals surface area (Å²) < 4.78 is 30.1. The molecule has 6 nitrogen and oxygen atoms in total. The molecule has 0 spiro atoms. The van der Waals surface area contributed by atoms with Crippen molar-refractivity contribution >= 4 is 27.1 Å². The van der Waals surface area contributed by atoms with E-state index >= 15 is 0 Å². The van der Waals surface area contributed by atoms with Gasteiger partial charge in [0.25, 0.3) is 5.91 Å². The summed E-state index contributed by atoms with van der Waals surface area (Å²) in [7, 11) is -3.34. The molecule has 30 heavy (non-hydrogen) atoms. The van der Waals surface area contributed by atoms with Crippen molar-refractivity contribution in [2.24, 2.45) is 0 Å². The zero-order valence-corrected chi connectivity index (χ0v) is 18.5. The fraction of sp³-hybridized carbons (Fsp3) is 0.273. The first kappa shape index (κ1) is 22.0. The molecule has 1 N–H and O–H groups in total. The molecule has 0 fully saturated rings. The number of ether oxygens (including phenoxy) is 1. The van der Waals surface area contributed by atoms with E-state index in [1.807, 2.05) is 38.1 Å². The molecule has 1 aromatic heterocycles. The molecule has 158 valence electrons. The number of sulfone groups is 1. The van der Waals surface area contributed by atoms with Gasteiger partial charge in [-0.1, -0.05) is 18.2 Å². The van der Waals surface area contributed by atoms with Crippen molar-refractivity contribution in [2.45, 2.75) is 31.3 Å². The highest BCUT2D eigenvalue weighted by molar-refractivity contribution is 7.91. The van der Waals surface area contributed by atoms with Gasteiger partial charge in [-0.15, -0.1) is 11.3 Å². The van der Waals surface area contributed by atoms with Crippen LogP contribution in [0.4, 0.5) is 0 Å². The van der Waals surface area contributed by atoms with Crippen LogP contribution in [0.3, 0.4) is 0 Å². The zero-order valence-electron chi connectivity index (χ0n) is 16.9. The van der Waals surface area contributed by atoms with Crippen LogP contribution in [0, 0.1) is 0 Å². The lowest BCUT2D eigenvalue weighted by Crippen LogP contribution is -2.26. The van der Waals surface area contributed by atoms with Gasteiger partial charge >= 0.3 is 0 Å². The van der Waals surface area contributed by atoms with Crippen LogP contribution in [0.2, 0.25) is 0 Å². The minimum Gasteiger partial charge on any atom is -0.491 e. The van der Waals surface area contributed by atoms with Crippen LogP contribution in [-0.4, -0.2) is 37.7 Å². The van der Waals surface area contributed by atoms with Gasteiger partial charge in [0, 0.05) is 17.5 Å². The maximum absolute atomic E-state index is 12.3. The van der Waals surface area contributed by atoms with Crippen molar-refractivity contribution in [3.8, 4) is 16.3 Å². The summed E-state index contributed by atoms with van der Waals surface area (Å²) in [5, 5.41) is 5.18. The molecule has 8 heteroatoms. The highest BCUT2D eigenvalue weighted by Gasteiger charge is 2.15. The van der Waals surface area contributed by atoms with E-state index in [0.29, 0.717) is 17.0 Å². The van der Waals surface area contributed by atoms with Crippen LogP contribution in [0.15, 0.2) is 64.9 Å². The van der Waals surface area contributed by atoms with E-state index in [1.165, 1.54) is 11.3 Å². The molecular weight excluding hydrogens is 420 g/mol. The van der Waals surface area contributed by atoms with E-state index in [1.54, 1.807) is 35.7 Å². The molecule has 3 rings (SSSR count). The second kappa shape index (κ2) is 9.86. The molecule has 0 aliphatic carbocycles. The summed E-state index contributed by atoms with van der Waals surface area (Å²) in [6, 6.07) is 15.9. The van der Waals surface area contributed by atoms with E-state index in [-0.39, 0.29) is 24.3 Å². The highest BCUT2D eigenvalue weighted by Crippen LogP contribution is 2.26. The van der Waals surface area contributed by atoms with Crippen LogP contribution in [0.25, 0.3) is 10.6 Å². The summed E-state index contributed by atoms with van der Waals surface area (Å²) in [5.41, 5.74) is 1.23. The molecule has 0 radical (unpaired) electrons. The summed E-state index contributed by atoms with van der Waals surface area (Å²) >= 11 is 1.38. The summed E-state index contributed by atoms with van der Waals surface area (Å²) in [4.78, 5) is 17.0. The number of carbonyl (C=O) groups is 1.